The number of hydrogen-bond donors (Lipinski definition) is 7. The number of nitrogens with one attached hydrogen (secondary N) is 2. The van der Waals surface area contributed by atoms with Crippen molar-refractivity contribution < 1.29 is 19.7 Å². The lowest BCUT2D eigenvalue weighted by Gasteiger charge is -2.32. The summed E-state index contributed by atoms with van der Waals surface area (Å²) in [7, 11) is 0. The Bertz CT molecular complexity index is 1010. The average molecular weight is 523 g/mol. The molecule has 0 saturated carbocycles. The maximum absolute atomic E-state index is 12.6. The van der Waals surface area contributed by atoms with E-state index in [1.807, 2.05) is 19.1 Å². The van der Waals surface area contributed by atoms with Crippen molar-refractivity contribution in [2.45, 2.75) is 44.8 Å². The Morgan fingerprint density at radius 2 is 1.94 bits per heavy atom. The van der Waals surface area contributed by atoms with Crippen molar-refractivity contribution in [1.82, 2.24) is 20.2 Å². The molecule has 1 aromatic heterocycles. The highest BCUT2D eigenvalue weighted by Crippen LogP contribution is 2.18. The van der Waals surface area contributed by atoms with Crippen molar-refractivity contribution in [3.8, 4) is 5.75 Å². The van der Waals surface area contributed by atoms with Crippen LogP contribution in [-0.2, 0) is 6.42 Å². The van der Waals surface area contributed by atoms with Crippen LogP contribution in [0.5, 0.6) is 5.75 Å². The Balaban J connectivity index is 1.94. The summed E-state index contributed by atoms with van der Waals surface area (Å²) in [5.74, 6) is -0.196. The number of carbonyl (C=O) groups is 1. The molecule has 12 nitrogen and oxygen atoms in total. The van der Waals surface area contributed by atoms with Gasteiger partial charge in [0.15, 0.2) is 28.4 Å². The number of aryl methyl sites for hydroxylation is 1. The Hall–Kier alpha value is -3.35. The minimum absolute atomic E-state index is 0.0172. The number of aromatic nitrogens is 2. The van der Waals surface area contributed by atoms with Gasteiger partial charge in [-0.25, -0.2) is 9.97 Å². The number of halogens is 1. The number of ether oxygens (including phenoxy) is 1. The number of nitrogens with zero attached hydrogens (tertiary/aromatic N) is 3. The van der Waals surface area contributed by atoms with Crippen LogP contribution in [0.4, 0.5) is 11.6 Å². The van der Waals surface area contributed by atoms with E-state index in [1.54, 1.807) is 17.0 Å². The Morgan fingerprint density at radius 3 is 2.56 bits per heavy atom. The maximum atomic E-state index is 12.6. The number of nitrogen functional groups attached to an aromatic ring is 2. The number of benzene rings is 1. The van der Waals surface area contributed by atoms with Crippen molar-refractivity contribution in [3.63, 3.8) is 0 Å². The Kier molecular flexibility index (Phi) is 11.4. The second kappa shape index (κ2) is 14.3. The molecule has 0 aliphatic rings. The lowest BCUT2D eigenvalue weighted by Crippen LogP contribution is -2.50. The van der Waals surface area contributed by atoms with Gasteiger partial charge in [-0.3, -0.25) is 10.2 Å². The van der Waals surface area contributed by atoms with Crippen molar-refractivity contribution in [2.24, 2.45) is 5.73 Å². The Morgan fingerprint density at radius 1 is 1.25 bits per heavy atom. The highest BCUT2D eigenvalue weighted by molar-refractivity contribution is 6.31. The highest BCUT2D eigenvalue weighted by Gasteiger charge is 2.22. The fourth-order valence-electron chi connectivity index (χ4n) is 3.55. The number of aliphatic hydroxyl groups is 2. The van der Waals surface area contributed by atoms with Gasteiger partial charge in [-0.1, -0.05) is 37.1 Å². The van der Waals surface area contributed by atoms with Gasteiger partial charge >= 0.3 is 0 Å². The van der Waals surface area contributed by atoms with Gasteiger partial charge in [0.25, 0.3) is 5.91 Å². The van der Waals surface area contributed by atoms with Gasteiger partial charge in [-0.15, -0.1) is 0 Å². The van der Waals surface area contributed by atoms with E-state index in [1.165, 1.54) is 0 Å². The van der Waals surface area contributed by atoms with E-state index >= 15 is 0 Å². The third kappa shape index (κ3) is 8.70. The van der Waals surface area contributed by atoms with Crippen molar-refractivity contribution >= 4 is 35.1 Å². The predicted molar refractivity (Wildman–Crippen MR) is 139 cm³/mol. The molecule has 0 radical (unpaired) electrons. The van der Waals surface area contributed by atoms with Crippen LogP contribution in [0.15, 0.2) is 24.3 Å². The molecule has 2 atom stereocenters. The zero-order valence-electron chi connectivity index (χ0n) is 20.3. The molecule has 2 aromatic rings. The summed E-state index contributed by atoms with van der Waals surface area (Å²) < 4.78 is 5.42. The van der Waals surface area contributed by atoms with Crippen LogP contribution in [0.25, 0.3) is 0 Å². The van der Waals surface area contributed by atoms with Crippen LogP contribution in [0, 0.1) is 5.41 Å². The number of nitrogens with two attached hydrogens (primary N) is 3. The minimum atomic E-state index is -0.919. The first-order valence-electron chi connectivity index (χ1n) is 11.6. The molecule has 13 heteroatoms. The molecule has 2 rings (SSSR count). The number of anilines is 2. The normalized spacial score (nSPS) is 12.6. The summed E-state index contributed by atoms with van der Waals surface area (Å²) >= 11 is 5.87. The number of rotatable bonds is 14. The second-order valence-corrected chi connectivity index (χ2v) is 8.62. The molecule has 10 N–H and O–H groups in total. The van der Waals surface area contributed by atoms with Crippen LogP contribution >= 0.6 is 11.6 Å². The molecule has 0 fully saturated rings. The van der Waals surface area contributed by atoms with Crippen molar-refractivity contribution in [2.75, 3.05) is 37.8 Å². The molecule has 1 amide bonds. The molecule has 0 saturated heterocycles. The van der Waals surface area contributed by atoms with Gasteiger partial charge in [-0.2, -0.15) is 0 Å². The van der Waals surface area contributed by atoms with E-state index in [-0.39, 0.29) is 54.2 Å². The third-order valence-corrected chi connectivity index (χ3v) is 5.71. The lowest BCUT2D eigenvalue weighted by atomic mass is 10.1. The summed E-state index contributed by atoms with van der Waals surface area (Å²) in [6.45, 7) is 2.42. The van der Waals surface area contributed by atoms with Crippen molar-refractivity contribution in [3.05, 3.63) is 40.7 Å². The van der Waals surface area contributed by atoms with Gasteiger partial charge in [0.1, 0.15) is 18.5 Å². The van der Waals surface area contributed by atoms with Crippen LogP contribution < -0.4 is 27.3 Å². The smallest absolute Gasteiger partial charge is 0.273 e. The molecular formula is C23H35ClN8O4. The second-order valence-electron chi connectivity index (χ2n) is 8.26. The van der Waals surface area contributed by atoms with Gasteiger partial charge in [0, 0.05) is 19.1 Å². The number of aliphatic hydroxyl groups excluding tert-OH is 2. The summed E-state index contributed by atoms with van der Waals surface area (Å²) in [6, 6.07) is 7.24. The minimum Gasteiger partial charge on any atom is -0.491 e. The molecule has 0 spiro atoms. The SMILES string of the molecule is CCC[C@@H](CNC(=O)c1nc(Cl)c(N)nc1N)N(CCCc1ccc(OC[C@@H](O)CO)cc1)C(=N)N. The summed E-state index contributed by atoms with van der Waals surface area (Å²) in [4.78, 5) is 22.1. The third-order valence-electron chi connectivity index (χ3n) is 5.43. The van der Waals surface area contributed by atoms with Crippen LogP contribution in [0.1, 0.15) is 42.2 Å². The van der Waals surface area contributed by atoms with Gasteiger partial charge in [0.05, 0.1) is 6.61 Å². The van der Waals surface area contributed by atoms with E-state index in [9.17, 15) is 9.90 Å². The van der Waals surface area contributed by atoms with Gasteiger partial charge in [0.2, 0.25) is 0 Å². The molecule has 0 aliphatic heterocycles. The number of amides is 1. The van der Waals surface area contributed by atoms with Crippen LogP contribution in [-0.4, -0.2) is 75.4 Å². The van der Waals surface area contributed by atoms with E-state index < -0.39 is 12.0 Å². The quantitative estimate of drug-likeness (QED) is 0.137. The van der Waals surface area contributed by atoms with Gasteiger partial charge < -0.3 is 42.4 Å². The summed E-state index contributed by atoms with van der Waals surface area (Å²) in [5.41, 5.74) is 18.2. The van der Waals surface area contributed by atoms with E-state index in [4.69, 9.17) is 44.1 Å². The summed E-state index contributed by atoms with van der Waals surface area (Å²) in [5, 5.41) is 29.0. The molecule has 0 unspecified atom stereocenters. The number of guanidine groups is 1. The summed E-state index contributed by atoms with van der Waals surface area (Å²) in [6.07, 6.45) is 2.08. The molecular weight excluding hydrogens is 488 g/mol. The first-order chi connectivity index (χ1) is 17.2. The zero-order valence-corrected chi connectivity index (χ0v) is 21.0. The Labute approximate surface area is 215 Å². The van der Waals surface area contributed by atoms with E-state index in [2.05, 4.69) is 15.3 Å². The monoisotopic (exact) mass is 522 g/mol. The number of hydrogen-bond acceptors (Lipinski definition) is 9. The molecule has 0 aliphatic carbocycles. The standard InChI is InChI=1S/C23H35ClN8O4/c1-2-4-15(11-29-22(35)18-20(25)31-21(26)19(24)30-18)32(23(27)28)10-3-5-14-6-8-17(9-7-14)36-13-16(34)12-33/h6-9,15-16,33-34H,2-5,10-13H2,1H3,(H3,27,28)(H,29,35)(H4,25,26,31)/t15-,16-/m0/s1. The fraction of sp³-hybridized carbons (Fsp3) is 0.478. The first-order valence-corrected chi connectivity index (χ1v) is 12.0. The average Bonchev–Trinajstić information content (AvgIpc) is 2.85. The van der Waals surface area contributed by atoms with Gasteiger partial charge in [-0.05, 0) is 37.0 Å². The lowest BCUT2D eigenvalue weighted by molar-refractivity contribution is 0.0536. The van der Waals surface area contributed by atoms with E-state index in [0.717, 1.165) is 24.8 Å². The van der Waals surface area contributed by atoms with Crippen molar-refractivity contribution in [1.29, 1.82) is 5.41 Å². The molecule has 0 bridgehead atoms. The largest absolute Gasteiger partial charge is 0.491 e. The zero-order chi connectivity index (χ0) is 26.7. The topological polar surface area (TPSA) is 210 Å². The van der Waals surface area contributed by atoms with E-state index in [0.29, 0.717) is 18.7 Å². The molecule has 36 heavy (non-hydrogen) atoms. The molecule has 198 valence electrons. The van der Waals surface area contributed by atoms with Crippen LogP contribution in [0.3, 0.4) is 0 Å². The number of carbonyl (C=O) groups excluding carboxylic acids is 1. The highest BCUT2D eigenvalue weighted by atomic mass is 35.5. The fourth-order valence-corrected chi connectivity index (χ4v) is 3.68. The van der Waals surface area contributed by atoms with Crippen LogP contribution in [0.2, 0.25) is 5.15 Å². The predicted octanol–water partition coefficient (Wildman–Crippen LogP) is 0.753. The first kappa shape index (κ1) is 28.9. The maximum Gasteiger partial charge on any atom is 0.273 e. The molecule has 1 heterocycles. The molecule has 1 aromatic carbocycles.